The normalized spacial score (nSPS) is 20.1. The molecule has 4 heteroatoms. The van der Waals surface area contributed by atoms with E-state index in [-0.39, 0.29) is 5.91 Å². The Morgan fingerprint density at radius 3 is 2.60 bits per heavy atom. The van der Waals surface area contributed by atoms with Crippen molar-refractivity contribution >= 4 is 11.7 Å². The lowest BCUT2D eigenvalue weighted by molar-refractivity contribution is 0.0933. The van der Waals surface area contributed by atoms with Crippen molar-refractivity contribution in [3.63, 3.8) is 0 Å². The number of hydrogen-bond donors (Lipinski definition) is 1. The van der Waals surface area contributed by atoms with Crippen LogP contribution in [0.15, 0.2) is 18.2 Å². The van der Waals surface area contributed by atoms with E-state index in [0.717, 1.165) is 31.7 Å². The van der Waals surface area contributed by atoms with Crippen LogP contribution in [0.1, 0.15) is 55.4 Å². The summed E-state index contributed by atoms with van der Waals surface area (Å²) >= 11 is 0. The minimum Gasteiger partial charge on any atom is -0.357 e. The highest BCUT2D eigenvalue weighted by Crippen LogP contribution is 2.19. The molecule has 1 N–H and O–H groups in total. The van der Waals surface area contributed by atoms with Gasteiger partial charge in [0.25, 0.3) is 5.91 Å². The van der Waals surface area contributed by atoms with Crippen LogP contribution in [0.5, 0.6) is 0 Å². The first-order chi connectivity index (χ1) is 9.83. The third kappa shape index (κ3) is 3.11. The largest absolute Gasteiger partial charge is 0.357 e. The van der Waals surface area contributed by atoms with E-state index in [1.54, 1.807) is 0 Å². The molecule has 0 unspecified atom stereocenters. The number of pyridine rings is 1. The van der Waals surface area contributed by atoms with Gasteiger partial charge in [0.05, 0.1) is 0 Å². The second kappa shape index (κ2) is 6.25. The summed E-state index contributed by atoms with van der Waals surface area (Å²) < 4.78 is 0. The molecular formula is C16H23N3O. The van der Waals surface area contributed by atoms with Crippen molar-refractivity contribution in [2.45, 2.75) is 51.0 Å². The standard InChI is InChI=1S/C16H23N3O/c20-16(17-13-7-2-3-8-13)14-9-6-10-15(18-14)19-11-4-1-5-12-19/h6,9-10,13H,1-5,7-8,11-12H2,(H,17,20). The first-order valence-corrected chi connectivity index (χ1v) is 7.86. The van der Waals surface area contributed by atoms with Crippen LogP contribution in [0.3, 0.4) is 0 Å². The lowest BCUT2D eigenvalue weighted by Crippen LogP contribution is -2.34. The van der Waals surface area contributed by atoms with E-state index in [4.69, 9.17) is 0 Å². The molecule has 0 bridgehead atoms. The van der Waals surface area contributed by atoms with Gasteiger partial charge in [-0.05, 0) is 44.2 Å². The lowest BCUT2D eigenvalue weighted by atomic mass is 10.1. The van der Waals surface area contributed by atoms with Crippen molar-refractivity contribution in [1.82, 2.24) is 10.3 Å². The quantitative estimate of drug-likeness (QED) is 0.921. The summed E-state index contributed by atoms with van der Waals surface area (Å²) in [6.45, 7) is 2.11. The predicted molar refractivity (Wildman–Crippen MR) is 80.0 cm³/mol. The smallest absolute Gasteiger partial charge is 0.270 e. The van der Waals surface area contributed by atoms with Gasteiger partial charge in [0, 0.05) is 19.1 Å². The zero-order valence-electron chi connectivity index (χ0n) is 12.0. The molecule has 2 fully saturated rings. The molecule has 0 aromatic carbocycles. The number of rotatable bonds is 3. The molecule has 0 radical (unpaired) electrons. The Labute approximate surface area is 120 Å². The van der Waals surface area contributed by atoms with E-state index >= 15 is 0 Å². The zero-order valence-corrected chi connectivity index (χ0v) is 12.0. The van der Waals surface area contributed by atoms with Crippen molar-refractivity contribution < 1.29 is 4.79 Å². The van der Waals surface area contributed by atoms with Gasteiger partial charge in [-0.25, -0.2) is 4.98 Å². The van der Waals surface area contributed by atoms with Crippen LogP contribution in [0.25, 0.3) is 0 Å². The van der Waals surface area contributed by atoms with Crippen LogP contribution in [-0.2, 0) is 0 Å². The SMILES string of the molecule is O=C(NC1CCCC1)c1cccc(N2CCCCC2)n1. The predicted octanol–water partition coefficient (Wildman–Crippen LogP) is 2.74. The van der Waals surface area contributed by atoms with E-state index in [0.29, 0.717) is 11.7 Å². The molecule has 1 aliphatic carbocycles. The van der Waals surface area contributed by atoms with Gasteiger partial charge in [0.1, 0.15) is 11.5 Å². The van der Waals surface area contributed by atoms with Crippen LogP contribution in [0.4, 0.5) is 5.82 Å². The maximum Gasteiger partial charge on any atom is 0.270 e. The molecule has 0 spiro atoms. The first kappa shape index (κ1) is 13.4. The van der Waals surface area contributed by atoms with Crippen LogP contribution in [0.2, 0.25) is 0 Å². The number of carbonyl (C=O) groups is 1. The summed E-state index contributed by atoms with van der Waals surface area (Å²) in [6.07, 6.45) is 8.42. The highest BCUT2D eigenvalue weighted by molar-refractivity contribution is 5.92. The second-order valence-corrected chi connectivity index (χ2v) is 5.88. The van der Waals surface area contributed by atoms with Gasteiger partial charge in [-0.2, -0.15) is 0 Å². The molecule has 4 nitrogen and oxygen atoms in total. The fraction of sp³-hybridized carbons (Fsp3) is 0.625. The molecule has 3 rings (SSSR count). The molecule has 1 aromatic rings. The summed E-state index contributed by atoms with van der Waals surface area (Å²) in [5, 5.41) is 3.11. The molecule has 108 valence electrons. The van der Waals surface area contributed by atoms with Gasteiger partial charge in [-0.1, -0.05) is 18.9 Å². The number of anilines is 1. The Bertz CT molecular complexity index is 463. The van der Waals surface area contributed by atoms with Crippen LogP contribution in [0, 0.1) is 0 Å². The van der Waals surface area contributed by atoms with Crippen LogP contribution >= 0.6 is 0 Å². The Kier molecular flexibility index (Phi) is 4.19. The van der Waals surface area contributed by atoms with Crippen LogP contribution < -0.4 is 10.2 Å². The maximum atomic E-state index is 12.2. The molecule has 2 heterocycles. The fourth-order valence-electron chi connectivity index (χ4n) is 3.18. The number of piperidine rings is 1. The van der Waals surface area contributed by atoms with Crippen molar-refractivity contribution in [1.29, 1.82) is 0 Å². The summed E-state index contributed by atoms with van der Waals surface area (Å²) in [7, 11) is 0. The third-order valence-corrected chi connectivity index (χ3v) is 4.34. The Morgan fingerprint density at radius 1 is 1.10 bits per heavy atom. The minimum absolute atomic E-state index is 0.0178. The van der Waals surface area contributed by atoms with Gasteiger partial charge in [0.2, 0.25) is 0 Å². The lowest BCUT2D eigenvalue weighted by Gasteiger charge is -2.27. The van der Waals surface area contributed by atoms with Crippen molar-refractivity contribution in [2.24, 2.45) is 0 Å². The van der Waals surface area contributed by atoms with Gasteiger partial charge in [-0.3, -0.25) is 4.79 Å². The minimum atomic E-state index is -0.0178. The summed E-state index contributed by atoms with van der Waals surface area (Å²) in [5.41, 5.74) is 0.556. The number of hydrogen-bond acceptors (Lipinski definition) is 3. The number of nitrogens with zero attached hydrogens (tertiary/aromatic N) is 2. The average Bonchev–Trinajstić information content (AvgIpc) is 3.01. The van der Waals surface area contributed by atoms with E-state index in [2.05, 4.69) is 15.2 Å². The zero-order chi connectivity index (χ0) is 13.8. The summed E-state index contributed by atoms with van der Waals surface area (Å²) in [5.74, 6) is 0.930. The number of aromatic nitrogens is 1. The van der Waals surface area contributed by atoms with Crippen molar-refractivity contribution in [2.75, 3.05) is 18.0 Å². The number of nitrogens with one attached hydrogen (secondary N) is 1. The van der Waals surface area contributed by atoms with Crippen molar-refractivity contribution in [3.8, 4) is 0 Å². The Morgan fingerprint density at radius 2 is 1.85 bits per heavy atom. The van der Waals surface area contributed by atoms with Gasteiger partial charge < -0.3 is 10.2 Å². The highest BCUT2D eigenvalue weighted by atomic mass is 16.1. The van der Waals surface area contributed by atoms with Crippen LogP contribution in [-0.4, -0.2) is 30.0 Å². The second-order valence-electron chi connectivity index (χ2n) is 5.88. The van der Waals surface area contributed by atoms with Gasteiger partial charge >= 0.3 is 0 Å². The summed E-state index contributed by atoms with van der Waals surface area (Å²) in [6, 6.07) is 6.12. The average molecular weight is 273 g/mol. The Balaban J connectivity index is 1.67. The monoisotopic (exact) mass is 273 g/mol. The molecule has 1 aromatic heterocycles. The number of carbonyl (C=O) groups excluding carboxylic acids is 1. The molecule has 1 saturated heterocycles. The third-order valence-electron chi connectivity index (χ3n) is 4.34. The fourth-order valence-corrected chi connectivity index (χ4v) is 3.18. The first-order valence-electron chi connectivity index (χ1n) is 7.86. The van der Waals surface area contributed by atoms with E-state index in [1.165, 1.54) is 32.1 Å². The molecule has 2 aliphatic rings. The molecule has 1 amide bonds. The van der Waals surface area contributed by atoms with E-state index in [1.807, 2.05) is 18.2 Å². The molecular weight excluding hydrogens is 250 g/mol. The topological polar surface area (TPSA) is 45.2 Å². The summed E-state index contributed by atoms with van der Waals surface area (Å²) in [4.78, 5) is 19.1. The Hall–Kier alpha value is -1.58. The molecule has 1 aliphatic heterocycles. The number of amides is 1. The molecule has 0 atom stereocenters. The maximum absolute atomic E-state index is 12.2. The van der Waals surface area contributed by atoms with E-state index < -0.39 is 0 Å². The van der Waals surface area contributed by atoms with E-state index in [9.17, 15) is 4.79 Å². The highest BCUT2D eigenvalue weighted by Gasteiger charge is 2.19. The van der Waals surface area contributed by atoms with Gasteiger partial charge in [0.15, 0.2) is 0 Å². The van der Waals surface area contributed by atoms with Crippen molar-refractivity contribution in [3.05, 3.63) is 23.9 Å². The van der Waals surface area contributed by atoms with Gasteiger partial charge in [-0.15, -0.1) is 0 Å². The molecule has 1 saturated carbocycles. The molecule has 20 heavy (non-hydrogen) atoms.